The van der Waals surface area contributed by atoms with Crippen LogP contribution in [-0.2, 0) is 0 Å². The molecule has 0 fully saturated rings. The number of halogens is 1. The van der Waals surface area contributed by atoms with Crippen molar-refractivity contribution in [2.24, 2.45) is 10.7 Å². The van der Waals surface area contributed by atoms with Crippen molar-refractivity contribution < 1.29 is 0 Å². The van der Waals surface area contributed by atoms with E-state index >= 15 is 0 Å². The third-order valence-electron chi connectivity index (χ3n) is 3.88. The second kappa shape index (κ2) is 5.04. The van der Waals surface area contributed by atoms with Gasteiger partial charge < -0.3 is 11.1 Å². The van der Waals surface area contributed by atoms with E-state index in [9.17, 15) is 0 Å². The fourth-order valence-electron chi connectivity index (χ4n) is 2.80. The number of rotatable bonds is 1. The van der Waals surface area contributed by atoms with Crippen molar-refractivity contribution in [3.8, 4) is 0 Å². The smallest absolute Gasteiger partial charge is 0.0965 e. The lowest BCUT2D eigenvalue weighted by atomic mass is 9.90. The third kappa shape index (κ3) is 2.11. The number of allylic oxidation sites excluding steroid dienone is 2. The molecule has 2 aromatic rings. The fourth-order valence-corrected chi connectivity index (χ4v) is 2.93. The van der Waals surface area contributed by atoms with Crippen LogP contribution < -0.4 is 11.1 Å². The van der Waals surface area contributed by atoms with E-state index in [1.54, 1.807) is 0 Å². The molecule has 2 aromatic carbocycles. The van der Waals surface area contributed by atoms with E-state index in [0.717, 1.165) is 39.6 Å². The van der Waals surface area contributed by atoms with Gasteiger partial charge in [-0.25, -0.2) is 4.99 Å². The highest BCUT2D eigenvalue weighted by atomic mass is 35.5. The molecule has 0 unspecified atom stereocenters. The van der Waals surface area contributed by atoms with Crippen molar-refractivity contribution in [3.63, 3.8) is 0 Å². The van der Waals surface area contributed by atoms with Gasteiger partial charge in [-0.1, -0.05) is 41.9 Å². The third-order valence-corrected chi connectivity index (χ3v) is 4.13. The van der Waals surface area contributed by atoms with Crippen LogP contribution >= 0.6 is 11.6 Å². The topological polar surface area (TPSA) is 50.4 Å². The highest BCUT2D eigenvalue weighted by molar-refractivity contribution is 6.35. The summed E-state index contributed by atoms with van der Waals surface area (Å²) in [5.74, 6) is 0. The zero-order chi connectivity index (χ0) is 15.1. The average Bonchev–Trinajstić information content (AvgIpc) is 2.54. The van der Waals surface area contributed by atoms with Crippen LogP contribution in [0.1, 0.15) is 12.0 Å². The molecule has 4 rings (SSSR count). The van der Waals surface area contributed by atoms with Crippen molar-refractivity contribution >= 4 is 34.3 Å². The molecule has 0 atom stereocenters. The Labute approximate surface area is 133 Å². The highest BCUT2D eigenvalue weighted by Crippen LogP contribution is 2.37. The standard InChI is InChI=1S/C18H14ClN3/c19-12-7-5-11(6-8-12)17-13(20)9-10-16-18(17)22-15-4-2-1-3-14(15)21-16/h1-8,10,21H,9,20H2. The molecular formula is C18H14ClN3. The minimum atomic E-state index is 0.710. The largest absolute Gasteiger partial charge is 0.401 e. The van der Waals surface area contributed by atoms with Crippen LogP contribution in [0.3, 0.4) is 0 Å². The summed E-state index contributed by atoms with van der Waals surface area (Å²) in [5.41, 5.74) is 13.0. The van der Waals surface area contributed by atoms with Gasteiger partial charge in [-0.05, 0) is 29.8 Å². The van der Waals surface area contributed by atoms with Crippen LogP contribution in [0.25, 0.3) is 5.57 Å². The zero-order valence-electron chi connectivity index (χ0n) is 11.8. The quantitative estimate of drug-likeness (QED) is 0.815. The Morgan fingerprint density at radius 3 is 2.64 bits per heavy atom. The number of para-hydroxylation sites is 2. The van der Waals surface area contributed by atoms with Crippen LogP contribution in [0.5, 0.6) is 0 Å². The van der Waals surface area contributed by atoms with Gasteiger partial charge in [-0.15, -0.1) is 0 Å². The van der Waals surface area contributed by atoms with Crippen LogP contribution in [0.2, 0.25) is 5.02 Å². The summed E-state index contributed by atoms with van der Waals surface area (Å²) in [4.78, 5) is 4.81. The summed E-state index contributed by atoms with van der Waals surface area (Å²) in [6, 6.07) is 15.7. The Kier molecular flexibility index (Phi) is 3.01. The maximum absolute atomic E-state index is 6.27. The van der Waals surface area contributed by atoms with Gasteiger partial charge in [0.15, 0.2) is 0 Å². The first-order valence-corrected chi connectivity index (χ1v) is 7.50. The van der Waals surface area contributed by atoms with Crippen molar-refractivity contribution in [1.29, 1.82) is 0 Å². The Morgan fingerprint density at radius 1 is 1.05 bits per heavy atom. The molecule has 1 aliphatic carbocycles. The summed E-state index contributed by atoms with van der Waals surface area (Å²) in [5, 5.41) is 4.16. The summed E-state index contributed by atoms with van der Waals surface area (Å²) < 4.78 is 0. The average molecular weight is 308 g/mol. The summed E-state index contributed by atoms with van der Waals surface area (Å²) in [7, 11) is 0. The predicted molar refractivity (Wildman–Crippen MR) is 92.4 cm³/mol. The molecule has 1 heterocycles. The number of benzene rings is 2. The molecule has 108 valence electrons. The first-order chi connectivity index (χ1) is 10.7. The Bertz CT molecular complexity index is 845. The van der Waals surface area contributed by atoms with E-state index in [1.807, 2.05) is 48.5 Å². The van der Waals surface area contributed by atoms with E-state index in [4.69, 9.17) is 22.3 Å². The van der Waals surface area contributed by atoms with Gasteiger partial charge >= 0.3 is 0 Å². The monoisotopic (exact) mass is 307 g/mol. The van der Waals surface area contributed by atoms with E-state index < -0.39 is 0 Å². The maximum atomic E-state index is 6.27. The van der Waals surface area contributed by atoms with Crippen molar-refractivity contribution in [2.75, 3.05) is 5.32 Å². The lowest BCUT2D eigenvalue weighted by Gasteiger charge is -2.26. The van der Waals surface area contributed by atoms with Gasteiger partial charge in [0.05, 0.1) is 22.8 Å². The number of nitrogens with two attached hydrogens (primary N) is 1. The number of aliphatic imine (C=N–C) groups is 1. The molecule has 0 saturated carbocycles. The molecular weight excluding hydrogens is 294 g/mol. The molecule has 0 bridgehead atoms. The van der Waals surface area contributed by atoms with Gasteiger partial charge in [-0.3, -0.25) is 0 Å². The van der Waals surface area contributed by atoms with Gasteiger partial charge in [0.1, 0.15) is 0 Å². The van der Waals surface area contributed by atoms with Gasteiger partial charge in [-0.2, -0.15) is 0 Å². The van der Waals surface area contributed by atoms with E-state index in [2.05, 4.69) is 11.4 Å². The van der Waals surface area contributed by atoms with Crippen LogP contribution in [0.4, 0.5) is 11.4 Å². The van der Waals surface area contributed by atoms with E-state index in [1.165, 1.54) is 0 Å². The minimum Gasteiger partial charge on any atom is -0.401 e. The first-order valence-electron chi connectivity index (χ1n) is 7.12. The highest BCUT2D eigenvalue weighted by Gasteiger charge is 2.25. The number of hydrogen-bond acceptors (Lipinski definition) is 3. The number of nitrogens with one attached hydrogen (secondary N) is 1. The van der Waals surface area contributed by atoms with E-state index in [-0.39, 0.29) is 0 Å². The molecule has 0 amide bonds. The minimum absolute atomic E-state index is 0.710. The maximum Gasteiger partial charge on any atom is 0.0965 e. The summed E-state index contributed by atoms with van der Waals surface area (Å²) in [6.07, 6.45) is 2.80. The van der Waals surface area contributed by atoms with Gasteiger partial charge in [0, 0.05) is 22.7 Å². The first kappa shape index (κ1) is 13.2. The van der Waals surface area contributed by atoms with E-state index in [0.29, 0.717) is 11.4 Å². The van der Waals surface area contributed by atoms with Crippen molar-refractivity contribution in [2.45, 2.75) is 6.42 Å². The SMILES string of the molecule is NC1=C(c2ccc(Cl)cc2)C2=Nc3ccccc3NC2=CC1. The molecule has 3 nitrogen and oxygen atoms in total. The second-order valence-corrected chi connectivity index (χ2v) is 5.77. The van der Waals surface area contributed by atoms with Gasteiger partial charge in [0.25, 0.3) is 0 Å². The molecule has 0 spiro atoms. The van der Waals surface area contributed by atoms with Crippen molar-refractivity contribution in [1.82, 2.24) is 0 Å². The van der Waals surface area contributed by atoms with Crippen LogP contribution in [-0.4, -0.2) is 5.71 Å². The molecule has 2 aliphatic rings. The Morgan fingerprint density at radius 2 is 1.82 bits per heavy atom. The number of anilines is 1. The van der Waals surface area contributed by atoms with Crippen LogP contribution in [0, 0.1) is 0 Å². The van der Waals surface area contributed by atoms with Gasteiger partial charge in [0.2, 0.25) is 0 Å². The summed E-state index contributed by atoms with van der Waals surface area (Å²) in [6.45, 7) is 0. The lowest BCUT2D eigenvalue weighted by Crippen LogP contribution is -2.23. The Balaban J connectivity index is 1.88. The molecule has 4 heteroatoms. The summed E-state index contributed by atoms with van der Waals surface area (Å²) >= 11 is 5.99. The zero-order valence-corrected chi connectivity index (χ0v) is 12.6. The number of nitrogens with zero attached hydrogens (tertiary/aromatic N) is 1. The molecule has 3 N–H and O–H groups in total. The second-order valence-electron chi connectivity index (χ2n) is 5.33. The lowest BCUT2D eigenvalue weighted by molar-refractivity contribution is 1.14. The molecule has 1 aliphatic heterocycles. The molecule has 0 aromatic heterocycles. The molecule has 22 heavy (non-hydrogen) atoms. The molecule has 0 saturated heterocycles. The fraction of sp³-hybridized carbons (Fsp3) is 0.0556. The number of fused-ring (bicyclic) bond motifs is 2. The Hall–Kier alpha value is -2.52. The molecule has 0 radical (unpaired) electrons. The predicted octanol–water partition coefficient (Wildman–Crippen LogP) is 4.50. The normalized spacial score (nSPS) is 16.2. The van der Waals surface area contributed by atoms with Crippen LogP contribution in [0.15, 0.2) is 71.0 Å². The van der Waals surface area contributed by atoms with Crippen molar-refractivity contribution in [3.05, 3.63) is 76.6 Å². The number of hydrogen-bond donors (Lipinski definition) is 2.